The molecular formula is C36H31NO4. The van der Waals surface area contributed by atoms with Crippen molar-refractivity contribution < 1.29 is 19.1 Å². The molecule has 0 fully saturated rings. The van der Waals surface area contributed by atoms with Crippen LogP contribution in [0, 0.1) is 0 Å². The van der Waals surface area contributed by atoms with Crippen molar-refractivity contribution in [2.75, 3.05) is 6.61 Å². The molecule has 1 aliphatic rings. The van der Waals surface area contributed by atoms with Crippen LogP contribution < -0.4 is 5.32 Å². The van der Waals surface area contributed by atoms with Gasteiger partial charge in [-0.3, -0.25) is 0 Å². The molecule has 1 N–H and O–H groups in total. The average molecular weight is 542 g/mol. The van der Waals surface area contributed by atoms with Gasteiger partial charge in [0.25, 0.3) is 0 Å². The number of fused-ring (bicyclic) bond motifs is 4. The van der Waals surface area contributed by atoms with Crippen LogP contribution in [0.1, 0.15) is 41.0 Å². The van der Waals surface area contributed by atoms with Gasteiger partial charge in [0.2, 0.25) is 0 Å². The van der Waals surface area contributed by atoms with Crippen LogP contribution in [-0.2, 0) is 20.9 Å². The summed E-state index contributed by atoms with van der Waals surface area (Å²) in [7, 11) is 0. The maximum Gasteiger partial charge on any atom is 0.407 e. The number of benzene rings is 5. The van der Waals surface area contributed by atoms with E-state index in [1.54, 1.807) is 0 Å². The monoisotopic (exact) mass is 541 g/mol. The molecule has 0 saturated carbocycles. The topological polar surface area (TPSA) is 64.6 Å². The number of hydrogen-bond acceptors (Lipinski definition) is 4. The van der Waals surface area contributed by atoms with Crippen molar-refractivity contribution in [2.45, 2.75) is 31.4 Å². The summed E-state index contributed by atoms with van der Waals surface area (Å²) in [6.07, 6.45) is -0.652. The van der Waals surface area contributed by atoms with Crippen molar-refractivity contribution in [3.8, 4) is 11.1 Å². The van der Waals surface area contributed by atoms with Gasteiger partial charge in [-0.1, -0.05) is 128 Å². The molecule has 5 nitrogen and oxygen atoms in total. The Morgan fingerprint density at radius 1 is 0.707 bits per heavy atom. The number of esters is 1. The lowest BCUT2D eigenvalue weighted by Crippen LogP contribution is -2.45. The highest BCUT2D eigenvalue weighted by atomic mass is 16.6. The molecule has 41 heavy (non-hydrogen) atoms. The van der Waals surface area contributed by atoms with E-state index in [0.717, 1.165) is 44.2 Å². The van der Waals surface area contributed by atoms with Crippen molar-refractivity contribution >= 4 is 22.8 Å². The molecule has 0 heterocycles. The van der Waals surface area contributed by atoms with Crippen molar-refractivity contribution in [2.24, 2.45) is 0 Å². The van der Waals surface area contributed by atoms with Crippen LogP contribution in [0.5, 0.6) is 0 Å². The van der Waals surface area contributed by atoms with Crippen LogP contribution in [0.3, 0.4) is 0 Å². The third-order valence-electron chi connectivity index (χ3n) is 7.91. The second kappa shape index (κ2) is 11.7. The van der Waals surface area contributed by atoms with E-state index >= 15 is 0 Å². The van der Waals surface area contributed by atoms with Gasteiger partial charge >= 0.3 is 12.1 Å². The Balaban J connectivity index is 1.22. The Labute approximate surface area is 239 Å². The minimum atomic E-state index is -0.944. The lowest BCUT2D eigenvalue weighted by atomic mass is 9.89. The number of nitrogens with one attached hydrogen (secondary N) is 1. The molecule has 1 amide bonds. The zero-order valence-electron chi connectivity index (χ0n) is 22.8. The molecule has 204 valence electrons. The van der Waals surface area contributed by atoms with Gasteiger partial charge in [-0.25, -0.2) is 9.59 Å². The van der Waals surface area contributed by atoms with E-state index in [1.807, 2.05) is 104 Å². The van der Waals surface area contributed by atoms with E-state index in [4.69, 9.17) is 9.47 Å². The van der Waals surface area contributed by atoms with Gasteiger partial charge in [-0.15, -0.1) is 0 Å². The van der Waals surface area contributed by atoms with Crippen LogP contribution in [0.25, 0.3) is 21.9 Å². The average Bonchev–Trinajstić information content (AvgIpc) is 3.35. The number of amides is 1. The Morgan fingerprint density at radius 2 is 1.32 bits per heavy atom. The van der Waals surface area contributed by atoms with Crippen LogP contribution in [-0.4, -0.2) is 24.7 Å². The SMILES string of the molecule is C[C@@H](c1cccc2ccccc12)[C@H](NC(=O)OCC1c2ccccc2-c2ccccc21)C(=O)OCc1ccccc1. The van der Waals surface area contributed by atoms with Crippen LogP contribution in [0.4, 0.5) is 4.79 Å². The summed E-state index contributed by atoms with van der Waals surface area (Å²) < 4.78 is 11.5. The lowest BCUT2D eigenvalue weighted by Gasteiger charge is -2.25. The minimum Gasteiger partial charge on any atom is -0.459 e. The van der Waals surface area contributed by atoms with Gasteiger partial charge in [0.1, 0.15) is 19.3 Å². The molecule has 5 aromatic rings. The summed E-state index contributed by atoms with van der Waals surface area (Å²) >= 11 is 0. The standard InChI is InChI=1S/C36H31NO4/c1-24(27-21-11-15-26-14-5-6-16-28(26)27)34(35(38)40-22-25-12-3-2-4-13-25)37-36(39)41-23-33-31-19-9-7-17-29(31)30-18-8-10-20-32(30)33/h2-21,24,33-34H,22-23H2,1H3,(H,37,39)/t24-,34-/m0/s1. The third-order valence-corrected chi connectivity index (χ3v) is 7.91. The molecule has 0 aliphatic heterocycles. The van der Waals surface area contributed by atoms with Crippen molar-refractivity contribution in [1.82, 2.24) is 5.32 Å². The van der Waals surface area contributed by atoms with E-state index < -0.39 is 18.1 Å². The maximum absolute atomic E-state index is 13.5. The highest BCUT2D eigenvalue weighted by Crippen LogP contribution is 2.44. The van der Waals surface area contributed by atoms with Gasteiger partial charge in [0.05, 0.1) is 0 Å². The van der Waals surface area contributed by atoms with E-state index in [0.29, 0.717) is 0 Å². The van der Waals surface area contributed by atoms with Gasteiger partial charge in [0.15, 0.2) is 0 Å². The van der Waals surface area contributed by atoms with Crippen molar-refractivity contribution in [1.29, 1.82) is 0 Å². The fourth-order valence-corrected chi connectivity index (χ4v) is 5.80. The molecule has 2 atom stereocenters. The number of rotatable bonds is 8. The van der Waals surface area contributed by atoms with E-state index in [2.05, 4.69) is 29.6 Å². The summed E-state index contributed by atoms with van der Waals surface area (Å²) in [5.41, 5.74) is 6.39. The maximum atomic E-state index is 13.5. The molecule has 0 radical (unpaired) electrons. The molecule has 0 unspecified atom stereocenters. The predicted octanol–water partition coefficient (Wildman–Crippen LogP) is 7.59. The van der Waals surface area contributed by atoms with E-state index in [9.17, 15) is 9.59 Å². The molecule has 0 spiro atoms. The first-order valence-corrected chi connectivity index (χ1v) is 13.9. The number of alkyl carbamates (subject to hydrolysis) is 1. The van der Waals surface area contributed by atoms with Crippen molar-refractivity contribution in [3.05, 3.63) is 144 Å². The molecule has 0 aromatic heterocycles. The van der Waals surface area contributed by atoms with Gasteiger partial charge in [-0.2, -0.15) is 0 Å². The normalized spacial score (nSPS) is 13.6. The zero-order valence-corrected chi connectivity index (χ0v) is 22.8. The van der Waals surface area contributed by atoms with Crippen LogP contribution >= 0.6 is 0 Å². The minimum absolute atomic E-state index is 0.0767. The molecule has 1 aliphatic carbocycles. The number of carbonyl (C=O) groups is 2. The second-order valence-electron chi connectivity index (χ2n) is 10.4. The quantitative estimate of drug-likeness (QED) is 0.206. The highest BCUT2D eigenvalue weighted by molar-refractivity contribution is 5.88. The molecule has 5 aromatic carbocycles. The molecule has 0 bridgehead atoms. The molecule has 5 heteroatoms. The van der Waals surface area contributed by atoms with Gasteiger partial charge < -0.3 is 14.8 Å². The van der Waals surface area contributed by atoms with Crippen LogP contribution in [0.15, 0.2) is 121 Å². The van der Waals surface area contributed by atoms with Crippen molar-refractivity contribution in [3.63, 3.8) is 0 Å². The van der Waals surface area contributed by atoms with E-state index in [-0.39, 0.29) is 25.0 Å². The smallest absolute Gasteiger partial charge is 0.407 e. The summed E-state index contributed by atoms with van der Waals surface area (Å²) in [4.78, 5) is 26.8. The number of ether oxygens (including phenoxy) is 2. The summed E-state index contributed by atoms with van der Waals surface area (Å²) in [6, 6.07) is 39.0. The van der Waals surface area contributed by atoms with Gasteiger partial charge in [-0.05, 0) is 44.2 Å². The Bertz CT molecular complexity index is 1650. The molecule has 0 saturated heterocycles. The van der Waals surface area contributed by atoms with E-state index in [1.165, 1.54) is 0 Å². The first kappa shape index (κ1) is 26.3. The Hall–Kier alpha value is -4.90. The highest BCUT2D eigenvalue weighted by Gasteiger charge is 2.33. The van der Waals surface area contributed by atoms with Gasteiger partial charge in [0, 0.05) is 11.8 Å². The number of carbonyl (C=O) groups excluding carboxylic acids is 2. The number of hydrogen-bond donors (Lipinski definition) is 1. The second-order valence-corrected chi connectivity index (χ2v) is 10.4. The first-order valence-electron chi connectivity index (χ1n) is 13.9. The molecular weight excluding hydrogens is 510 g/mol. The fourth-order valence-electron chi connectivity index (χ4n) is 5.80. The molecule has 6 rings (SSSR count). The summed E-state index contributed by atoms with van der Waals surface area (Å²) in [5.74, 6) is -0.959. The lowest BCUT2D eigenvalue weighted by molar-refractivity contribution is -0.148. The Morgan fingerprint density at radius 3 is 2.05 bits per heavy atom. The zero-order chi connectivity index (χ0) is 28.2. The Kier molecular flexibility index (Phi) is 7.50. The largest absolute Gasteiger partial charge is 0.459 e. The van der Waals surface area contributed by atoms with Crippen LogP contribution in [0.2, 0.25) is 0 Å². The summed E-state index contributed by atoms with van der Waals surface area (Å²) in [6.45, 7) is 2.21. The summed E-state index contributed by atoms with van der Waals surface area (Å²) in [5, 5.41) is 4.94. The predicted molar refractivity (Wildman–Crippen MR) is 161 cm³/mol. The fraction of sp³-hybridized carbons (Fsp3) is 0.167. The first-order chi connectivity index (χ1) is 20.1. The third kappa shape index (κ3) is 5.44.